The molecule has 0 aliphatic rings. The van der Waals surface area contributed by atoms with Crippen LogP contribution in [0.25, 0.3) is 6.08 Å². The van der Waals surface area contributed by atoms with Gasteiger partial charge >= 0.3 is 12.3 Å². The first-order chi connectivity index (χ1) is 11.0. The van der Waals surface area contributed by atoms with E-state index in [1.165, 1.54) is 6.07 Å². The number of anilines is 1. The van der Waals surface area contributed by atoms with Crippen LogP contribution in [-0.2, 0) is 10.9 Å². The Kier molecular flexibility index (Phi) is 6.65. The van der Waals surface area contributed by atoms with Gasteiger partial charge in [-0.1, -0.05) is 18.2 Å². The molecule has 0 aliphatic heterocycles. The van der Waals surface area contributed by atoms with E-state index in [2.05, 4.69) is 10.7 Å². The molecule has 0 saturated carbocycles. The quantitative estimate of drug-likeness (QED) is 0.429. The molecule has 0 aromatic heterocycles. The lowest BCUT2D eigenvalue weighted by atomic mass is 10.1. The fourth-order valence-corrected chi connectivity index (χ4v) is 1.78. The maximum Gasteiger partial charge on any atom is 0.416 e. The van der Waals surface area contributed by atoms with E-state index in [0.29, 0.717) is 18.5 Å². The number of hydrogen-bond donors (Lipinski definition) is 3. The minimum absolute atomic E-state index is 0.168. The average Bonchev–Trinajstić information content (AvgIpc) is 2.44. The summed E-state index contributed by atoms with van der Waals surface area (Å²) in [6.45, 7) is 5.63. The van der Waals surface area contributed by atoms with Crippen LogP contribution in [0.3, 0.4) is 0 Å². The van der Waals surface area contributed by atoms with Crippen LogP contribution in [0.1, 0.15) is 38.3 Å². The molecule has 0 saturated heterocycles. The number of ether oxygens (including phenoxy) is 1. The lowest BCUT2D eigenvalue weighted by Crippen LogP contribution is -2.32. The van der Waals surface area contributed by atoms with Gasteiger partial charge in [0, 0.05) is 6.54 Å². The summed E-state index contributed by atoms with van der Waals surface area (Å²) in [6.07, 6.45) is -1.10. The molecule has 5 nitrogen and oxygen atoms in total. The minimum Gasteiger partial charge on any atom is -0.444 e. The average molecular weight is 345 g/mol. The molecule has 1 aromatic rings. The number of amides is 1. The Morgan fingerprint density at radius 1 is 1.29 bits per heavy atom. The highest BCUT2D eigenvalue weighted by molar-refractivity contribution is 5.68. The van der Waals surface area contributed by atoms with Crippen molar-refractivity contribution in [1.82, 2.24) is 5.32 Å². The second kappa shape index (κ2) is 8.05. The molecule has 134 valence electrons. The van der Waals surface area contributed by atoms with E-state index < -0.39 is 23.4 Å². The number of carbonyl (C=O) groups excluding carboxylic acids is 1. The van der Waals surface area contributed by atoms with E-state index >= 15 is 0 Å². The van der Waals surface area contributed by atoms with Crippen molar-refractivity contribution in [1.29, 1.82) is 0 Å². The van der Waals surface area contributed by atoms with Gasteiger partial charge < -0.3 is 15.5 Å². The standard InChI is InChI=1S/C16H22F3N3O2/c1-15(2,3)24-14(23)21-9-5-4-6-11-7-8-12(16(17,18)19)10-13(11)22-20/h4,6-8,10,22H,5,9,20H2,1-3H3,(H,21,23). The molecule has 8 heteroatoms. The first-order valence-electron chi connectivity index (χ1n) is 7.34. The summed E-state index contributed by atoms with van der Waals surface area (Å²) in [5.41, 5.74) is 1.59. The lowest BCUT2D eigenvalue weighted by Gasteiger charge is -2.19. The summed E-state index contributed by atoms with van der Waals surface area (Å²) in [7, 11) is 0. The van der Waals surface area contributed by atoms with E-state index in [0.717, 1.165) is 12.1 Å². The molecular weight excluding hydrogens is 323 g/mol. The maximum absolute atomic E-state index is 12.6. The highest BCUT2D eigenvalue weighted by atomic mass is 19.4. The predicted octanol–water partition coefficient (Wildman–Crippen LogP) is 3.92. The number of benzene rings is 1. The molecule has 24 heavy (non-hydrogen) atoms. The Morgan fingerprint density at radius 2 is 1.96 bits per heavy atom. The Labute approximate surface area is 139 Å². The van der Waals surface area contributed by atoms with Crippen LogP contribution in [0.5, 0.6) is 0 Å². The number of nitrogens with one attached hydrogen (secondary N) is 2. The highest BCUT2D eigenvalue weighted by Gasteiger charge is 2.30. The van der Waals surface area contributed by atoms with Gasteiger partial charge in [-0.15, -0.1) is 0 Å². The fourth-order valence-electron chi connectivity index (χ4n) is 1.78. The molecule has 0 bridgehead atoms. The van der Waals surface area contributed by atoms with Gasteiger partial charge in [0.25, 0.3) is 0 Å². The van der Waals surface area contributed by atoms with Crippen molar-refractivity contribution >= 4 is 17.9 Å². The van der Waals surface area contributed by atoms with Crippen molar-refractivity contribution in [2.24, 2.45) is 5.84 Å². The van der Waals surface area contributed by atoms with Crippen molar-refractivity contribution in [3.05, 3.63) is 35.4 Å². The SMILES string of the molecule is CC(C)(C)OC(=O)NCCC=Cc1ccc(C(F)(F)F)cc1NN. The van der Waals surface area contributed by atoms with Gasteiger partial charge in [-0.3, -0.25) is 5.84 Å². The summed E-state index contributed by atoms with van der Waals surface area (Å²) in [5, 5.41) is 2.58. The maximum atomic E-state index is 12.6. The molecule has 1 aromatic carbocycles. The van der Waals surface area contributed by atoms with Gasteiger partial charge in [-0.05, 0) is 44.9 Å². The van der Waals surface area contributed by atoms with E-state index in [1.54, 1.807) is 32.9 Å². The van der Waals surface area contributed by atoms with Gasteiger partial charge in [-0.25, -0.2) is 4.79 Å². The molecule has 0 heterocycles. The van der Waals surface area contributed by atoms with Crippen LogP contribution < -0.4 is 16.6 Å². The van der Waals surface area contributed by atoms with Crippen LogP contribution in [0.15, 0.2) is 24.3 Å². The van der Waals surface area contributed by atoms with E-state index in [1.807, 2.05) is 0 Å². The number of alkyl carbamates (subject to hydrolysis) is 1. The van der Waals surface area contributed by atoms with Crippen molar-refractivity contribution in [2.75, 3.05) is 12.0 Å². The summed E-state index contributed by atoms with van der Waals surface area (Å²) in [5.74, 6) is 5.27. The Morgan fingerprint density at radius 3 is 2.50 bits per heavy atom. The second-order valence-corrected chi connectivity index (χ2v) is 6.06. The van der Waals surface area contributed by atoms with Crippen LogP contribution >= 0.6 is 0 Å². The molecule has 0 aliphatic carbocycles. The van der Waals surface area contributed by atoms with Gasteiger partial charge in [0.05, 0.1) is 11.3 Å². The van der Waals surface area contributed by atoms with Crippen molar-refractivity contribution < 1.29 is 22.7 Å². The van der Waals surface area contributed by atoms with Crippen LogP contribution in [0.4, 0.5) is 23.7 Å². The third kappa shape index (κ3) is 6.91. The molecule has 4 N–H and O–H groups in total. The molecule has 1 rings (SSSR count). The number of hydrogen-bond acceptors (Lipinski definition) is 4. The molecule has 0 spiro atoms. The van der Waals surface area contributed by atoms with Crippen molar-refractivity contribution in [3.63, 3.8) is 0 Å². The molecule has 0 unspecified atom stereocenters. The molecule has 1 amide bonds. The number of hydrazine groups is 1. The number of rotatable bonds is 5. The van der Waals surface area contributed by atoms with Crippen molar-refractivity contribution in [2.45, 2.75) is 39.0 Å². The first kappa shape index (κ1) is 19.8. The van der Waals surface area contributed by atoms with Crippen LogP contribution in [-0.4, -0.2) is 18.2 Å². The minimum atomic E-state index is -4.43. The third-order valence-electron chi connectivity index (χ3n) is 2.81. The van der Waals surface area contributed by atoms with E-state index in [9.17, 15) is 18.0 Å². The zero-order chi connectivity index (χ0) is 18.4. The Balaban J connectivity index is 2.57. The highest BCUT2D eigenvalue weighted by Crippen LogP contribution is 2.32. The largest absolute Gasteiger partial charge is 0.444 e. The second-order valence-electron chi connectivity index (χ2n) is 6.06. The normalized spacial score (nSPS) is 12.3. The van der Waals surface area contributed by atoms with Gasteiger partial charge in [-0.2, -0.15) is 13.2 Å². The number of nitrogen functional groups attached to an aromatic ring is 1. The Bertz CT molecular complexity index is 593. The smallest absolute Gasteiger partial charge is 0.416 e. The molecule has 0 radical (unpaired) electrons. The molecular formula is C16H22F3N3O2. The van der Waals surface area contributed by atoms with Gasteiger partial charge in [0.1, 0.15) is 5.60 Å². The summed E-state index contributed by atoms with van der Waals surface area (Å²) in [6, 6.07) is 3.26. The number of halogens is 3. The third-order valence-corrected chi connectivity index (χ3v) is 2.81. The number of nitrogens with two attached hydrogens (primary N) is 1. The van der Waals surface area contributed by atoms with Gasteiger partial charge in [0.2, 0.25) is 0 Å². The summed E-state index contributed by atoms with van der Waals surface area (Å²) >= 11 is 0. The van der Waals surface area contributed by atoms with Crippen LogP contribution in [0, 0.1) is 0 Å². The zero-order valence-corrected chi connectivity index (χ0v) is 13.8. The topological polar surface area (TPSA) is 76.4 Å². The molecule has 0 fully saturated rings. The molecule has 0 atom stereocenters. The zero-order valence-electron chi connectivity index (χ0n) is 13.8. The number of carbonyl (C=O) groups is 1. The van der Waals surface area contributed by atoms with E-state index in [-0.39, 0.29) is 5.69 Å². The number of alkyl halides is 3. The lowest BCUT2D eigenvalue weighted by molar-refractivity contribution is -0.137. The fraction of sp³-hybridized carbons (Fsp3) is 0.438. The monoisotopic (exact) mass is 345 g/mol. The predicted molar refractivity (Wildman–Crippen MR) is 87.1 cm³/mol. The van der Waals surface area contributed by atoms with Crippen LogP contribution in [0.2, 0.25) is 0 Å². The summed E-state index contributed by atoms with van der Waals surface area (Å²) in [4.78, 5) is 11.4. The first-order valence-corrected chi connectivity index (χ1v) is 7.34. The summed E-state index contributed by atoms with van der Waals surface area (Å²) < 4.78 is 43.0. The van der Waals surface area contributed by atoms with Gasteiger partial charge in [0.15, 0.2) is 0 Å². The van der Waals surface area contributed by atoms with E-state index in [4.69, 9.17) is 10.6 Å². The Hall–Kier alpha value is -2.22. The van der Waals surface area contributed by atoms with Crippen molar-refractivity contribution in [3.8, 4) is 0 Å².